The van der Waals surface area contributed by atoms with Gasteiger partial charge in [0.15, 0.2) is 6.04 Å². The highest BCUT2D eigenvalue weighted by molar-refractivity contribution is 5.88. The summed E-state index contributed by atoms with van der Waals surface area (Å²) >= 11 is 0. The van der Waals surface area contributed by atoms with Crippen LogP contribution in [0.5, 0.6) is 0 Å². The average molecular weight is 434 g/mol. The summed E-state index contributed by atoms with van der Waals surface area (Å²) in [7, 11) is 0. The minimum Gasteiger partial charge on any atom is -0.459 e. The van der Waals surface area contributed by atoms with E-state index in [-0.39, 0.29) is 13.2 Å². The fourth-order valence-electron chi connectivity index (χ4n) is 3.08. The lowest BCUT2D eigenvalue weighted by Gasteiger charge is -2.25. The van der Waals surface area contributed by atoms with Gasteiger partial charge in [0.05, 0.1) is 0 Å². The lowest BCUT2D eigenvalue weighted by molar-refractivity contribution is -0.143. The number of halogens is 3. The summed E-state index contributed by atoms with van der Waals surface area (Å²) in [4.78, 5) is 28.0. The van der Waals surface area contributed by atoms with Crippen molar-refractivity contribution in [1.82, 2.24) is 4.90 Å². The van der Waals surface area contributed by atoms with Gasteiger partial charge in [-0.25, -0.2) is 18.6 Å². The van der Waals surface area contributed by atoms with Gasteiger partial charge >= 0.3 is 12.1 Å². The maximum absolute atomic E-state index is 14.5. The Morgan fingerprint density at radius 2 is 1.52 bits per heavy atom. The Bertz CT molecular complexity index is 923. The molecular formula is C22H21F3N2O4. The second-order valence-corrected chi connectivity index (χ2v) is 6.93. The molecule has 2 aromatic carbocycles. The molecule has 0 radical (unpaired) electrons. The number of amides is 1. The number of ether oxygens (including phenoxy) is 2. The van der Waals surface area contributed by atoms with Crippen LogP contribution < -0.4 is 0 Å². The number of benzene rings is 2. The van der Waals surface area contributed by atoms with Crippen LogP contribution in [-0.2, 0) is 27.5 Å². The fraction of sp³-hybridized carbons (Fsp3) is 0.318. The van der Waals surface area contributed by atoms with Crippen LogP contribution in [0.1, 0.15) is 17.5 Å². The van der Waals surface area contributed by atoms with Crippen LogP contribution in [-0.4, -0.2) is 48.0 Å². The number of esters is 1. The van der Waals surface area contributed by atoms with E-state index in [1.54, 1.807) is 60.7 Å². The molecule has 9 heteroatoms. The molecule has 1 heterocycles. The van der Waals surface area contributed by atoms with Crippen molar-refractivity contribution in [3.05, 3.63) is 71.8 Å². The molecule has 1 atom stereocenters. The van der Waals surface area contributed by atoms with E-state index in [2.05, 4.69) is 4.99 Å². The van der Waals surface area contributed by atoms with E-state index in [4.69, 9.17) is 9.47 Å². The zero-order valence-electron chi connectivity index (χ0n) is 16.5. The number of likely N-dealkylation sites (tertiary alicyclic amines) is 1. The van der Waals surface area contributed by atoms with Crippen molar-refractivity contribution in [1.29, 1.82) is 0 Å². The standard InChI is InChI=1S/C22H21F3N2O4/c23-20(26-13-18(28)30-14-16-7-3-1-4-8-16)19-22(24,25)11-12-27(19)21(29)31-15-17-9-5-2-6-10-17/h1-10,19H,11-15H2. The van der Waals surface area contributed by atoms with Crippen LogP contribution in [0.15, 0.2) is 65.7 Å². The molecule has 0 aliphatic carbocycles. The van der Waals surface area contributed by atoms with E-state index in [1.807, 2.05) is 0 Å². The third-order valence-corrected chi connectivity index (χ3v) is 4.66. The predicted octanol–water partition coefficient (Wildman–Crippen LogP) is 4.14. The van der Waals surface area contributed by atoms with Crippen molar-refractivity contribution < 1.29 is 32.2 Å². The van der Waals surface area contributed by atoms with Crippen LogP contribution in [0.25, 0.3) is 0 Å². The summed E-state index contributed by atoms with van der Waals surface area (Å²) in [6, 6.07) is 15.2. The van der Waals surface area contributed by atoms with Gasteiger partial charge in [-0.2, -0.15) is 4.39 Å². The number of carbonyl (C=O) groups excluding carboxylic acids is 2. The van der Waals surface area contributed by atoms with Crippen molar-refractivity contribution in [3.8, 4) is 0 Å². The van der Waals surface area contributed by atoms with E-state index in [1.165, 1.54) is 0 Å². The van der Waals surface area contributed by atoms with Gasteiger partial charge in [0, 0.05) is 13.0 Å². The summed E-state index contributed by atoms with van der Waals surface area (Å²) in [5.41, 5.74) is 1.38. The van der Waals surface area contributed by atoms with Crippen LogP contribution in [0, 0.1) is 0 Å². The fourth-order valence-corrected chi connectivity index (χ4v) is 3.08. The normalized spacial score (nSPS) is 18.0. The molecule has 0 N–H and O–H groups in total. The molecule has 1 unspecified atom stereocenters. The topological polar surface area (TPSA) is 68.2 Å². The van der Waals surface area contributed by atoms with Crippen LogP contribution in [0.4, 0.5) is 18.0 Å². The Morgan fingerprint density at radius 1 is 0.968 bits per heavy atom. The quantitative estimate of drug-likeness (QED) is 0.485. The van der Waals surface area contributed by atoms with Gasteiger partial charge in [0.2, 0.25) is 5.97 Å². The van der Waals surface area contributed by atoms with Crippen molar-refractivity contribution in [2.75, 3.05) is 13.1 Å². The van der Waals surface area contributed by atoms with Crippen molar-refractivity contribution in [3.63, 3.8) is 0 Å². The summed E-state index contributed by atoms with van der Waals surface area (Å²) in [6.07, 6.45) is -1.82. The Kier molecular flexibility index (Phi) is 7.28. The van der Waals surface area contributed by atoms with E-state index in [0.717, 1.165) is 5.56 Å². The van der Waals surface area contributed by atoms with Gasteiger partial charge in [-0.1, -0.05) is 60.7 Å². The highest BCUT2D eigenvalue weighted by Gasteiger charge is 2.54. The average Bonchev–Trinajstić information content (AvgIpc) is 3.11. The number of alkyl halides is 2. The molecule has 6 nitrogen and oxygen atoms in total. The highest BCUT2D eigenvalue weighted by Crippen LogP contribution is 2.35. The van der Waals surface area contributed by atoms with Crippen LogP contribution in [0.2, 0.25) is 0 Å². The molecule has 3 rings (SSSR count). The zero-order valence-corrected chi connectivity index (χ0v) is 16.5. The Morgan fingerprint density at radius 3 is 2.10 bits per heavy atom. The third-order valence-electron chi connectivity index (χ3n) is 4.66. The minimum atomic E-state index is -3.53. The van der Waals surface area contributed by atoms with Gasteiger partial charge < -0.3 is 9.47 Å². The molecule has 1 aliphatic heterocycles. The molecule has 1 aliphatic rings. The van der Waals surface area contributed by atoms with E-state index < -0.39 is 49.5 Å². The van der Waals surface area contributed by atoms with Crippen molar-refractivity contribution >= 4 is 18.0 Å². The first kappa shape index (κ1) is 22.3. The highest BCUT2D eigenvalue weighted by atomic mass is 19.3. The molecule has 0 bridgehead atoms. The molecule has 31 heavy (non-hydrogen) atoms. The SMILES string of the molecule is O=C(CN=C(F)C1N(C(=O)OCc2ccccc2)CCC1(F)F)OCc1ccccc1. The molecular weight excluding hydrogens is 413 g/mol. The monoisotopic (exact) mass is 434 g/mol. The summed E-state index contributed by atoms with van der Waals surface area (Å²) in [6.45, 7) is -1.36. The maximum atomic E-state index is 14.5. The van der Waals surface area contributed by atoms with Crippen molar-refractivity contribution in [2.24, 2.45) is 4.99 Å². The molecule has 0 saturated carbocycles. The number of carbonyl (C=O) groups is 2. The molecule has 0 spiro atoms. The first-order valence-electron chi connectivity index (χ1n) is 9.61. The first-order chi connectivity index (χ1) is 14.9. The Balaban J connectivity index is 1.58. The Labute approximate surface area is 177 Å². The molecule has 1 saturated heterocycles. The lowest BCUT2D eigenvalue weighted by atomic mass is 10.1. The second-order valence-electron chi connectivity index (χ2n) is 6.93. The van der Waals surface area contributed by atoms with Gasteiger partial charge in [0.1, 0.15) is 19.8 Å². The summed E-state index contributed by atoms with van der Waals surface area (Å²) in [5.74, 6) is -5.93. The van der Waals surface area contributed by atoms with Gasteiger partial charge in [0.25, 0.3) is 5.92 Å². The zero-order chi connectivity index (χ0) is 22.3. The smallest absolute Gasteiger partial charge is 0.410 e. The number of hydrogen-bond acceptors (Lipinski definition) is 5. The number of nitrogens with zero attached hydrogens (tertiary/aromatic N) is 2. The molecule has 164 valence electrons. The first-order valence-corrected chi connectivity index (χ1v) is 9.61. The number of rotatable bonds is 7. The number of hydrogen-bond donors (Lipinski definition) is 0. The molecule has 1 amide bonds. The Hall–Kier alpha value is -3.36. The minimum absolute atomic E-state index is 0.0473. The number of aliphatic imine (C=N–C) groups is 1. The molecule has 0 aromatic heterocycles. The van der Waals surface area contributed by atoms with Gasteiger partial charge in [-0.05, 0) is 11.1 Å². The third kappa shape index (κ3) is 6.07. The lowest BCUT2D eigenvalue weighted by Crippen LogP contribution is -2.47. The van der Waals surface area contributed by atoms with Gasteiger partial charge in [-0.15, -0.1) is 0 Å². The van der Waals surface area contributed by atoms with Gasteiger partial charge in [-0.3, -0.25) is 9.69 Å². The van der Waals surface area contributed by atoms with Crippen LogP contribution >= 0.6 is 0 Å². The van der Waals surface area contributed by atoms with Crippen molar-refractivity contribution in [2.45, 2.75) is 31.6 Å². The summed E-state index contributed by atoms with van der Waals surface area (Å²) < 4.78 is 53.0. The second kappa shape index (κ2) is 10.1. The molecule has 1 fully saturated rings. The summed E-state index contributed by atoms with van der Waals surface area (Å²) in [5, 5.41) is 0. The largest absolute Gasteiger partial charge is 0.459 e. The molecule has 2 aromatic rings. The van der Waals surface area contributed by atoms with Crippen LogP contribution in [0.3, 0.4) is 0 Å². The van der Waals surface area contributed by atoms with E-state index >= 15 is 0 Å². The van der Waals surface area contributed by atoms with E-state index in [9.17, 15) is 22.8 Å². The maximum Gasteiger partial charge on any atom is 0.410 e. The van der Waals surface area contributed by atoms with E-state index in [0.29, 0.717) is 10.5 Å². The predicted molar refractivity (Wildman–Crippen MR) is 106 cm³/mol.